The van der Waals surface area contributed by atoms with Gasteiger partial charge in [0.05, 0.1) is 17.8 Å². The number of rotatable bonds is 5. The lowest BCUT2D eigenvalue weighted by atomic mass is 10.0. The second-order valence-electron chi connectivity index (χ2n) is 7.16. The summed E-state index contributed by atoms with van der Waals surface area (Å²) in [5.41, 5.74) is 4.03. The number of hydrogen-bond acceptors (Lipinski definition) is 3. The Bertz CT molecular complexity index is 815. The van der Waals surface area contributed by atoms with Crippen molar-refractivity contribution < 1.29 is 9.59 Å². The third-order valence-corrected chi connectivity index (χ3v) is 5.53. The lowest BCUT2D eigenvalue weighted by Gasteiger charge is -2.30. The minimum absolute atomic E-state index is 0.000752. The summed E-state index contributed by atoms with van der Waals surface area (Å²) in [5.74, 6) is 0.0648. The Morgan fingerprint density at radius 2 is 2.04 bits per heavy atom. The Kier molecular flexibility index (Phi) is 4.69. The maximum Gasteiger partial charge on any atom is 0.196 e. The maximum atomic E-state index is 13.1. The van der Waals surface area contributed by atoms with E-state index >= 15 is 0 Å². The molecule has 0 aromatic carbocycles. The molecule has 0 saturated carbocycles. The Balaban J connectivity index is 1.89. The molecule has 0 amide bonds. The van der Waals surface area contributed by atoms with Crippen LogP contribution >= 0.6 is 0 Å². The Hall–Kier alpha value is -2.14. The smallest absolute Gasteiger partial charge is 0.196 e. The molecule has 0 aliphatic carbocycles. The van der Waals surface area contributed by atoms with Crippen molar-refractivity contribution in [2.45, 2.75) is 52.6 Å². The molecule has 2 atom stereocenters. The van der Waals surface area contributed by atoms with E-state index in [0.29, 0.717) is 11.3 Å². The number of likely N-dealkylation sites (tertiary alicyclic amines) is 1. The van der Waals surface area contributed by atoms with Crippen molar-refractivity contribution in [3.8, 4) is 0 Å². The first kappa shape index (κ1) is 17.7. The van der Waals surface area contributed by atoms with E-state index in [4.69, 9.17) is 0 Å². The number of aryl methyl sites for hydroxylation is 2. The molecule has 2 aromatic heterocycles. The van der Waals surface area contributed by atoms with Crippen LogP contribution in [0.4, 0.5) is 0 Å². The van der Waals surface area contributed by atoms with Crippen LogP contribution in [-0.2, 0) is 7.05 Å². The molecule has 0 bridgehead atoms. The summed E-state index contributed by atoms with van der Waals surface area (Å²) in [5, 5.41) is 0. The molecule has 1 aliphatic heterocycles. The largest absolute Gasteiger partial charge is 0.355 e. The molecule has 0 unspecified atom stereocenters. The van der Waals surface area contributed by atoms with Crippen molar-refractivity contribution in [1.29, 1.82) is 0 Å². The molecule has 5 nitrogen and oxygen atoms in total. The standard InChI is InChI=1S/C20H27N3O2/c1-12-18(15(4)24)13(2)21-19(12)20(25)14(3)23-11-7-9-17(23)16-8-6-10-22(16)5/h6,8,10,14,17,21H,7,9,11H2,1-5H3/t14-,17+/m0/s1. The van der Waals surface area contributed by atoms with E-state index in [1.807, 2.05) is 20.8 Å². The number of aromatic amines is 1. The third kappa shape index (κ3) is 2.97. The average molecular weight is 341 g/mol. The molecule has 1 fully saturated rings. The highest BCUT2D eigenvalue weighted by molar-refractivity contribution is 6.05. The highest BCUT2D eigenvalue weighted by Gasteiger charge is 2.35. The average Bonchev–Trinajstić information content (AvgIpc) is 3.24. The molecule has 0 spiro atoms. The van der Waals surface area contributed by atoms with E-state index in [1.165, 1.54) is 5.69 Å². The van der Waals surface area contributed by atoms with E-state index in [0.717, 1.165) is 30.6 Å². The minimum atomic E-state index is -0.223. The van der Waals surface area contributed by atoms with E-state index in [1.54, 1.807) is 6.92 Å². The summed E-state index contributed by atoms with van der Waals surface area (Å²) >= 11 is 0. The van der Waals surface area contributed by atoms with E-state index < -0.39 is 0 Å². The van der Waals surface area contributed by atoms with Gasteiger partial charge in [0.25, 0.3) is 0 Å². The number of carbonyl (C=O) groups is 2. The first-order valence-corrected chi connectivity index (χ1v) is 8.94. The highest BCUT2D eigenvalue weighted by atomic mass is 16.1. The van der Waals surface area contributed by atoms with Crippen molar-refractivity contribution in [2.24, 2.45) is 7.05 Å². The predicted octanol–water partition coefficient (Wildman–Crippen LogP) is 3.58. The van der Waals surface area contributed by atoms with Crippen LogP contribution in [0.2, 0.25) is 0 Å². The SMILES string of the molecule is CC(=O)c1c(C)[nH]c(C(=O)[C@H](C)N2CCC[C@@H]2c2cccn2C)c1C. The third-order valence-electron chi connectivity index (χ3n) is 5.53. The molecular formula is C20H27N3O2. The normalized spacial score (nSPS) is 19.3. The molecule has 5 heteroatoms. The summed E-state index contributed by atoms with van der Waals surface area (Å²) in [7, 11) is 2.05. The van der Waals surface area contributed by atoms with Gasteiger partial charge in [0.15, 0.2) is 11.6 Å². The van der Waals surface area contributed by atoms with Crippen LogP contribution in [0.5, 0.6) is 0 Å². The summed E-state index contributed by atoms with van der Waals surface area (Å²) in [6.07, 6.45) is 4.21. The predicted molar refractivity (Wildman–Crippen MR) is 98.2 cm³/mol. The highest BCUT2D eigenvalue weighted by Crippen LogP contribution is 2.34. The first-order valence-electron chi connectivity index (χ1n) is 8.94. The molecule has 3 rings (SSSR count). The lowest BCUT2D eigenvalue weighted by Crippen LogP contribution is -2.39. The quantitative estimate of drug-likeness (QED) is 0.846. The van der Waals surface area contributed by atoms with Gasteiger partial charge in [-0.25, -0.2) is 0 Å². The molecule has 1 aliphatic rings. The van der Waals surface area contributed by atoms with Crippen LogP contribution in [0.15, 0.2) is 18.3 Å². The molecule has 1 N–H and O–H groups in total. The van der Waals surface area contributed by atoms with Gasteiger partial charge >= 0.3 is 0 Å². The van der Waals surface area contributed by atoms with E-state index in [2.05, 4.69) is 39.8 Å². The zero-order chi connectivity index (χ0) is 18.3. The zero-order valence-corrected chi connectivity index (χ0v) is 15.7. The number of hydrogen-bond donors (Lipinski definition) is 1. The van der Waals surface area contributed by atoms with Crippen LogP contribution in [0, 0.1) is 13.8 Å². The van der Waals surface area contributed by atoms with Crippen LogP contribution in [0.25, 0.3) is 0 Å². The van der Waals surface area contributed by atoms with Gasteiger partial charge in [0.2, 0.25) is 0 Å². The number of ketones is 2. The van der Waals surface area contributed by atoms with Crippen LogP contribution in [-0.4, -0.2) is 38.6 Å². The molecular weight excluding hydrogens is 314 g/mol. The maximum absolute atomic E-state index is 13.1. The number of aromatic nitrogens is 2. The van der Waals surface area contributed by atoms with Crippen LogP contribution < -0.4 is 0 Å². The van der Waals surface area contributed by atoms with Crippen molar-refractivity contribution in [3.63, 3.8) is 0 Å². The van der Waals surface area contributed by atoms with Crippen molar-refractivity contribution in [1.82, 2.24) is 14.5 Å². The fraction of sp³-hybridized carbons (Fsp3) is 0.500. The van der Waals surface area contributed by atoms with Gasteiger partial charge in [-0.1, -0.05) is 0 Å². The van der Waals surface area contributed by atoms with Crippen molar-refractivity contribution in [2.75, 3.05) is 6.54 Å². The second-order valence-corrected chi connectivity index (χ2v) is 7.16. The zero-order valence-electron chi connectivity index (χ0n) is 15.7. The Morgan fingerprint density at radius 3 is 2.60 bits per heavy atom. The number of nitrogens with zero attached hydrogens (tertiary/aromatic N) is 2. The van der Waals surface area contributed by atoms with Gasteiger partial charge in [-0.05, 0) is 64.8 Å². The minimum Gasteiger partial charge on any atom is -0.355 e. The first-order chi connectivity index (χ1) is 11.8. The Morgan fingerprint density at radius 1 is 1.32 bits per heavy atom. The number of nitrogens with one attached hydrogen (secondary N) is 1. The summed E-state index contributed by atoms with van der Waals surface area (Å²) < 4.78 is 2.14. The van der Waals surface area contributed by atoms with Gasteiger partial charge in [0.1, 0.15) is 0 Å². The van der Waals surface area contributed by atoms with E-state index in [9.17, 15) is 9.59 Å². The summed E-state index contributed by atoms with van der Waals surface area (Å²) in [6.45, 7) is 8.16. The van der Waals surface area contributed by atoms with Gasteiger partial charge in [0, 0.05) is 30.2 Å². The van der Waals surface area contributed by atoms with Crippen molar-refractivity contribution in [3.05, 3.63) is 46.5 Å². The summed E-state index contributed by atoms with van der Waals surface area (Å²) in [6, 6.07) is 4.23. The Labute approximate surface area is 149 Å². The van der Waals surface area contributed by atoms with Gasteiger partial charge < -0.3 is 9.55 Å². The van der Waals surface area contributed by atoms with Crippen molar-refractivity contribution >= 4 is 11.6 Å². The van der Waals surface area contributed by atoms with Crippen LogP contribution in [0.1, 0.15) is 70.5 Å². The fourth-order valence-electron chi connectivity index (χ4n) is 4.27. The van der Waals surface area contributed by atoms with Gasteiger partial charge in [-0.2, -0.15) is 0 Å². The van der Waals surface area contributed by atoms with Gasteiger partial charge in [-0.15, -0.1) is 0 Å². The molecule has 25 heavy (non-hydrogen) atoms. The fourth-order valence-corrected chi connectivity index (χ4v) is 4.27. The second kappa shape index (κ2) is 6.64. The molecule has 1 saturated heterocycles. The molecule has 0 radical (unpaired) electrons. The molecule has 134 valence electrons. The molecule has 3 heterocycles. The molecule has 2 aromatic rings. The number of carbonyl (C=O) groups excluding carboxylic acids is 2. The lowest BCUT2D eigenvalue weighted by molar-refractivity contribution is 0.0810. The topological polar surface area (TPSA) is 58.1 Å². The van der Waals surface area contributed by atoms with E-state index in [-0.39, 0.29) is 23.7 Å². The van der Waals surface area contributed by atoms with Gasteiger partial charge in [-0.3, -0.25) is 14.5 Å². The summed E-state index contributed by atoms with van der Waals surface area (Å²) in [4.78, 5) is 30.4. The monoisotopic (exact) mass is 341 g/mol. The van der Waals surface area contributed by atoms with Crippen LogP contribution in [0.3, 0.4) is 0 Å². The number of H-pyrrole nitrogens is 1. The number of Topliss-reactive ketones (excluding diaryl/α,β-unsaturated/α-hetero) is 2.